The van der Waals surface area contributed by atoms with E-state index in [9.17, 15) is 40.8 Å². The van der Waals surface area contributed by atoms with E-state index in [1.807, 2.05) is 0 Å². The minimum Gasteiger partial charge on any atom is -0.325 e. The number of rotatable bonds is 6. The number of hydrogen-bond acceptors (Lipinski definition) is 8. The summed E-state index contributed by atoms with van der Waals surface area (Å²) in [5, 5.41) is 7.06. The summed E-state index contributed by atoms with van der Waals surface area (Å²) in [6.45, 7) is -0.512. The number of hydrogen-bond donors (Lipinski definition) is 2. The molecule has 0 aliphatic carbocycles. The van der Waals surface area contributed by atoms with E-state index < -0.39 is 73.7 Å². The van der Waals surface area contributed by atoms with Gasteiger partial charge in [-0.2, -0.15) is 13.2 Å². The van der Waals surface area contributed by atoms with Crippen molar-refractivity contribution in [3.05, 3.63) is 103 Å². The first kappa shape index (κ1) is 32.0. The number of nitrogens with zero attached hydrogens (tertiary/aromatic N) is 2. The molecule has 2 aliphatic heterocycles. The lowest BCUT2D eigenvalue weighted by molar-refractivity contribution is -0.137. The van der Waals surface area contributed by atoms with Crippen LogP contribution in [0.15, 0.2) is 87.5 Å². The van der Waals surface area contributed by atoms with Gasteiger partial charge in [-0.1, -0.05) is 59.0 Å². The van der Waals surface area contributed by atoms with Gasteiger partial charge in [0.15, 0.2) is 0 Å². The topological polar surface area (TPSA) is 149 Å². The number of carbonyl (C=O) groups is 3. The molecule has 1 aromatic heterocycles. The van der Waals surface area contributed by atoms with Crippen LogP contribution in [-0.4, -0.2) is 36.0 Å². The number of para-hydroxylation sites is 1. The number of thioether (sulfide) groups is 1. The third-order valence-corrected chi connectivity index (χ3v) is 11.3. The van der Waals surface area contributed by atoms with Crippen molar-refractivity contribution in [3.8, 4) is 0 Å². The Kier molecular flexibility index (Phi) is 8.13. The van der Waals surface area contributed by atoms with Gasteiger partial charge >= 0.3 is 11.0 Å². The maximum atomic E-state index is 14.0. The van der Waals surface area contributed by atoms with Crippen LogP contribution in [0.2, 0.25) is 5.02 Å². The van der Waals surface area contributed by atoms with Gasteiger partial charge in [0, 0.05) is 21.5 Å². The summed E-state index contributed by atoms with van der Waals surface area (Å²) in [6, 6.07) is 15.7. The molecular weight excluding hydrogens is 689 g/mol. The summed E-state index contributed by atoms with van der Waals surface area (Å²) < 4.78 is 66.0. The quantitative estimate of drug-likeness (QED) is 0.277. The van der Waals surface area contributed by atoms with Crippen LogP contribution in [0.5, 0.6) is 0 Å². The molecule has 6 rings (SSSR count). The second-order valence-electron chi connectivity index (χ2n) is 10.4. The molecule has 238 valence electrons. The fourth-order valence-corrected chi connectivity index (χ4v) is 8.92. The van der Waals surface area contributed by atoms with Gasteiger partial charge in [-0.25, -0.2) is 18.5 Å². The lowest BCUT2D eigenvalue weighted by atomic mass is 9.83. The van der Waals surface area contributed by atoms with Crippen LogP contribution in [0.4, 0.5) is 24.5 Å². The molecular formula is C29H20ClF3N4O6S3. The molecule has 2 unspecified atom stereocenters. The number of sulfonamides is 1. The molecule has 0 saturated carbocycles. The smallest absolute Gasteiger partial charge is 0.325 e. The minimum absolute atomic E-state index is 0.171. The highest BCUT2D eigenvalue weighted by molar-refractivity contribution is 8.00. The van der Waals surface area contributed by atoms with Crippen LogP contribution < -0.4 is 20.2 Å². The number of nitrogens with two attached hydrogens (primary N) is 1. The Hall–Kier alpha value is -3.96. The van der Waals surface area contributed by atoms with Crippen LogP contribution in [-0.2, 0) is 37.1 Å². The number of primary sulfonamides is 1. The summed E-state index contributed by atoms with van der Waals surface area (Å²) in [6.07, 6.45) is -4.85. The summed E-state index contributed by atoms with van der Waals surface area (Å²) in [5.74, 6) is -4.47. The third-order valence-electron chi connectivity index (χ3n) is 7.50. The molecule has 0 bridgehead atoms. The summed E-state index contributed by atoms with van der Waals surface area (Å²) in [4.78, 5) is 54.3. The second-order valence-corrected chi connectivity index (χ2v) is 14.5. The fraction of sp³-hybridized carbons (Fsp3) is 0.172. The average Bonchev–Trinajstić information content (AvgIpc) is 3.43. The highest BCUT2D eigenvalue weighted by Gasteiger charge is 2.57. The Morgan fingerprint density at radius 1 is 0.957 bits per heavy atom. The molecule has 4 aromatic rings. The van der Waals surface area contributed by atoms with Crippen LogP contribution in [0.3, 0.4) is 0 Å². The van der Waals surface area contributed by atoms with Crippen molar-refractivity contribution in [1.82, 2.24) is 4.57 Å². The Bertz CT molecular complexity index is 2070. The number of aromatic nitrogens is 1. The molecule has 3 aromatic carbocycles. The maximum Gasteiger partial charge on any atom is 0.418 e. The van der Waals surface area contributed by atoms with Crippen LogP contribution in [0, 0.1) is 5.92 Å². The van der Waals surface area contributed by atoms with E-state index in [1.54, 1.807) is 24.3 Å². The monoisotopic (exact) mass is 708 g/mol. The van der Waals surface area contributed by atoms with Gasteiger partial charge in [0.1, 0.15) is 11.8 Å². The molecule has 1 fully saturated rings. The van der Waals surface area contributed by atoms with Crippen molar-refractivity contribution >= 4 is 73.8 Å². The average molecular weight is 709 g/mol. The fourth-order valence-electron chi connectivity index (χ4n) is 5.50. The van der Waals surface area contributed by atoms with Crippen LogP contribution in [0.1, 0.15) is 21.9 Å². The molecule has 3 atom stereocenters. The van der Waals surface area contributed by atoms with E-state index in [2.05, 4.69) is 5.32 Å². The van der Waals surface area contributed by atoms with Gasteiger partial charge in [-0.05, 0) is 54.1 Å². The van der Waals surface area contributed by atoms with E-state index in [4.69, 9.17) is 16.7 Å². The van der Waals surface area contributed by atoms with E-state index in [-0.39, 0.29) is 15.6 Å². The number of alkyl halides is 3. The van der Waals surface area contributed by atoms with Crippen LogP contribution >= 0.6 is 34.7 Å². The lowest BCUT2D eigenvalue weighted by Gasteiger charge is -2.30. The van der Waals surface area contributed by atoms with Crippen molar-refractivity contribution in [2.24, 2.45) is 11.1 Å². The molecule has 2 aliphatic rings. The molecule has 0 spiro atoms. The van der Waals surface area contributed by atoms with E-state index in [1.165, 1.54) is 30.3 Å². The zero-order chi connectivity index (χ0) is 33.1. The largest absolute Gasteiger partial charge is 0.418 e. The standard InChI is InChI=1S/C29H20ClF3N4O6S3/c30-15-7-5-14(6-8-15)21-22-23(26(40)37(25(22)39)19-4-2-1-3-18(19)29(31,32)33)44-27-24(21)45-28(41)36(27)13-20(38)35-16-9-11-17(12-10-16)46(34,42)43/h1-12,21-23H,13H2,(H,35,38)(H2,34,42,43)/t21-,22?,23?/m1/s1. The van der Waals surface area contributed by atoms with Gasteiger partial charge in [0.25, 0.3) is 0 Å². The summed E-state index contributed by atoms with van der Waals surface area (Å²) >= 11 is 7.70. The highest BCUT2D eigenvalue weighted by Crippen LogP contribution is 2.54. The number of amides is 3. The number of benzene rings is 3. The number of nitrogens with one attached hydrogen (secondary N) is 1. The Morgan fingerprint density at radius 3 is 2.24 bits per heavy atom. The van der Waals surface area contributed by atoms with E-state index >= 15 is 0 Å². The van der Waals surface area contributed by atoms with Crippen LogP contribution in [0.25, 0.3) is 0 Å². The zero-order valence-corrected chi connectivity index (χ0v) is 26.2. The van der Waals surface area contributed by atoms with E-state index in [0.717, 1.165) is 45.9 Å². The predicted molar refractivity (Wildman–Crippen MR) is 165 cm³/mol. The zero-order valence-electron chi connectivity index (χ0n) is 23.0. The number of thiazole rings is 1. The Labute approximate surface area is 272 Å². The molecule has 3 N–H and O–H groups in total. The minimum atomic E-state index is -4.85. The third kappa shape index (κ3) is 5.75. The van der Waals surface area contributed by atoms with Gasteiger partial charge < -0.3 is 5.32 Å². The summed E-state index contributed by atoms with van der Waals surface area (Å²) in [5.41, 5.74) is -1.02. The Morgan fingerprint density at radius 2 is 1.61 bits per heavy atom. The predicted octanol–water partition coefficient (Wildman–Crippen LogP) is 4.66. The first-order valence-corrected chi connectivity index (χ1v) is 16.9. The lowest BCUT2D eigenvalue weighted by Crippen LogP contribution is -2.33. The van der Waals surface area contributed by atoms with Crippen molar-refractivity contribution < 1.29 is 36.0 Å². The molecule has 0 radical (unpaired) electrons. The maximum absolute atomic E-state index is 14.0. The van der Waals surface area contributed by atoms with Crippen molar-refractivity contribution in [2.75, 3.05) is 10.2 Å². The first-order valence-electron chi connectivity index (χ1n) is 13.3. The van der Waals surface area contributed by atoms with Gasteiger partial charge in [0.2, 0.25) is 27.7 Å². The van der Waals surface area contributed by atoms with Gasteiger partial charge in [-0.15, -0.1) is 0 Å². The number of halogens is 4. The molecule has 17 heteroatoms. The number of anilines is 2. The number of fused-ring (bicyclic) bond motifs is 2. The molecule has 1 saturated heterocycles. The van der Waals surface area contributed by atoms with Crippen molar-refractivity contribution in [1.29, 1.82) is 0 Å². The normalized spacial score (nSPS) is 19.6. The SMILES string of the molecule is NS(=O)(=O)c1ccc(NC(=O)Cn2c3c(sc2=O)[C@H](c2ccc(Cl)cc2)C2C(=O)N(c4ccccc4C(F)(F)F)C(=O)C2S3)cc1. The molecule has 10 nitrogen and oxygen atoms in total. The molecule has 3 heterocycles. The second kappa shape index (κ2) is 11.7. The summed E-state index contributed by atoms with van der Waals surface area (Å²) in [7, 11) is -3.96. The van der Waals surface area contributed by atoms with Crippen molar-refractivity contribution in [2.45, 2.75) is 33.8 Å². The first-order chi connectivity index (χ1) is 21.6. The highest BCUT2D eigenvalue weighted by atomic mass is 35.5. The Balaban J connectivity index is 1.39. The number of carbonyl (C=O) groups excluding carboxylic acids is 3. The van der Waals surface area contributed by atoms with Gasteiger partial charge in [0.05, 0.1) is 27.1 Å². The number of imide groups is 1. The van der Waals surface area contributed by atoms with Gasteiger partial charge in [-0.3, -0.25) is 23.7 Å². The van der Waals surface area contributed by atoms with E-state index in [0.29, 0.717) is 20.4 Å². The van der Waals surface area contributed by atoms with Crippen molar-refractivity contribution in [3.63, 3.8) is 0 Å². The molecule has 3 amide bonds. The molecule has 46 heavy (non-hydrogen) atoms.